The summed E-state index contributed by atoms with van der Waals surface area (Å²) in [6.45, 7) is 6.01. The largest absolute Gasteiger partial charge is 0.390 e. The Labute approximate surface area is 60.5 Å². The second-order valence-corrected chi connectivity index (χ2v) is 2.42. The van der Waals surface area contributed by atoms with E-state index in [1.54, 1.807) is 11.3 Å². The third-order valence-corrected chi connectivity index (χ3v) is 1.75. The Morgan fingerprint density at radius 1 is 1.44 bits per heavy atom. The highest BCUT2D eigenvalue weighted by Gasteiger charge is 1.87. The zero-order valence-corrected chi connectivity index (χ0v) is 6.96. The van der Waals surface area contributed by atoms with Gasteiger partial charge in [0.2, 0.25) is 0 Å². The van der Waals surface area contributed by atoms with E-state index in [1.807, 2.05) is 32.2 Å². The average molecular weight is 143 g/mol. The van der Waals surface area contributed by atoms with Gasteiger partial charge in [-0.2, -0.15) is 0 Å². The molecular weight excluding hydrogens is 130 g/mol. The van der Waals surface area contributed by atoms with Crippen molar-refractivity contribution in [2.45, 2.75) is 20.8 Å². The molecule has 52 valence electrons. The molecular formula is C7H13NS. The van der Waals surface area contributed by atoms with Gasteiger partial charge in [-0.1, -0.05) is 13.8 Å². The van der Waals surface area contributed by atoms with Crippen LogP contribution in [0.5, 0.6) is 0 Å². The highest BCUT2D eigenvalue weighted by atomic mass is 32.1. The number of hydrogen-bond donors (Lipinski definition) is 1. The van der Waals surface area contributed by atoms with Crippen molar-refractivity contribution >= 4 is 16.3 Å². The molecule has 0 aliphatic carbocycles. The predicted molar refractivity (Wildman–Crippen MR) is 44.8 cm³/mol. The normalized spacial score (nSPS) is 7.89. The summed E-state index contributed by atoms with van der Waals surface area (Å²) < 4.78 is 0. The van der Waals surface area contributed by atoms with Gasteiger partial charge in [-0.25, -0.2) is 0 Å². The molecule has 2 N–H and O–H groups in total. The molecule has 2 heteroatoms. The van der Waals surface area contributed by atoms with E-state index >= 15 is 0 Å². The van der Waals surface area contributed by atoms with Gasteiger partial charge in [0.15, 0.2) is 0 Å². The summed E-state index contributed by atoms with van der Waals surface area (Å²) in [6.07, 6.45) is 0. The molecule has 0 spiro atoms. The molecule has 0 aromatic carbocycles. The molecule has 0 bridgehead atoms. The lowest BCUT2D eigenvalue weighted by Crippen LogP contribution is -1.78. The van der Waals surface area contributed by atoms with Crippen LogP contribution >= 0.6 is 11.3 Å². The molecule has 9 heavy (non-hydrogen) atoms. The summed E-state index contributed by atoms with van der Waals surface area (Å²) in [4.78, 5) is 0. The fraction of sp³-hybridized carbons (Fsp3) is 0.429. The highest BCUT2D eigenvalue weighted by molar-refractivity contribution is 7.14. The number of aryl methyl sites for hydroxylation is 1. The van der Waals surface area contributed by atoms with Crippen LogP contribution in [0.15, 0.2) is 11.4 Å². The fourth-order valence-corrected chi connectivity index (χ4v) is 1.06. The average Bonchev–Trinajstić information content (AvgIpc) is 2.23. The van der Waals surface area contributed by atoms with E-state index < -0.39 is 0 Å². The van der Waals surface area contributed by atoms with Crippen LogP contribution in [-0.2, 0) is 0 Å². The van der Waals surface area contributed by atoms with Gasteiger partial charge >= 0.3 is 0 Å². The SMILES string of the molecule is CC.Cc1ccsc1N. The number of hydrogen-bond acceptors (Lipinski definition) is 2. The lowest BCUT2D eigenvalue weighted by Gasteiger charge is -1.80. The molecule has 0 unspecified atom stereocenters. The van der Waals surface area contributed by atoms with Gasteiger partial charge in [0.25, 0.3) is 0 Å². The minimum Gasteiger partial charge on any atom is -0.390 e. The van der Waals surface area contributed by atoms with Crippen LogP contribution < -0.4 is 5.73 Å². The van der Waals surface area contributed by atoms with Gasteiger partial charge in [0.1, 0.15) is 0 Å². The van der Waals surface area contributed by atoms with E-state index in [9.17, 15) is 0 Å². The molecule has 1 aromatic rings. The number of anilines is 1. The topological polar surface area (TPSA) is 26.0 Å². The molecule has 0 atom stereocenters. The fourth-order valence-electron chi connectivity index (χ4n) is 0.384. The first-order valence-corrected chi connectivity index (χ1v) is 3.98. The summed E-state index contributed by atoms with van der Waals surface area (Å²) in [5.41, 5.74) is 6.64. The standard InChI is InChI=1S/C5H7NS.C2H6/c1-4-2-3-7-5(4)6;1-2/h2-3H,6H2,1H3;1-2H3. The summed E-state index contributed by atoms with van der Waals surface area (Å²) >= 11 is 1.58. The van der Waals surface area contributed by atoms with Crippen molar-refractivity contribution in [3.63, 3.8) is 0 Å². The number of nitrogens with two attached hydrogens (primary N) is 1. The van der Waals surface area contributed by atoms with E-state index in [0.29, 0.717) is 0 Å². The van der Waals surface area contributed by atoms with E-state index in [2.05, 4.69) is 0 Å². The van der Waals surface area contributed by atoms with Crippen LogP contribution in [0.3, 0.4) is 0 Å². The Kier molecular flexibility index (Phi) is 4.14. The summed E-state index contributed by atoms with van der Waals surface area (Å²) in [6, 6.07) is 2.01. The Morgan fingerprint density at radius 2 is 2.00 bits per heavy atom. The highest BCUT2D eigenvalue weighted by Crippen LogP contribution is 2.16. The second-order valence-electron chi connectivity index (χ2n) is 1.47. The van der Waals surface area contributed by atoms with Gasteiger partial charge in [0.05, 0.1) is 5.00 Å². The Balaban J connectivity index is 0.000000291. The van der Waals surface area contributed by atoms with Gasteiger partial charge in [0, 0.05) is 0 Å². The van der Waals surface area contributed by atoms with Crippen LogP contribution in [-0.4, -0.2) is 0 Å². The summed E-state index contributed by atoms with van der Waals surface area (Å²) in [5.74, 6) is 0. The Bertz CT molecular complexity index is 141. The van der Waals surface area contributed by atoms with Gasteiger partial charge in [-0.15, -0.1) is 11.3 Å². The zero-order chi connectivity index (χ0) is 7.28. The minimum atomic E-state index is 0.931. The van der Waals surface area contributed by atoms with Crippen LogP contribution in [0.1, 0.15) is 19.4 Å². The molecule has 0 amide bonds. The Hall–Kier alpha value is -0.500. The first-order chi connectivity index (χ1) is 4.30. The van der Waals surface area contributed by atoms with E-state index in [4.69, 9.17) is 5.73 Å². The van der Waals surface area contributed by atoms with Crippen LogP contribution in [0.2, 0.25) is 0 Å². The number of nitrogen functional groups attached to an aromatic ring is 1. The van der Waals surface area contributed by atoms with Crippen molar-refractivity contribution in [3.8, 4) is 0 Å². The van der Waals surface area contributed by atoms with E-state index in [1.165, 1.54) is 5.56 Å². The smallest absolute Gasteiger partial charge is 0.0886 e. The number of rotatable bonds is 0. The van der Waals surface area contributed by atoms with Crippen molar-refractivity contribution in [1.82, 2.24) is 0 Å². The van der Waals surface area contributed by atoms with Crippen LogP contribution in [0, 0.1) is 6.92 Å². The number of thiophene rings is 1. The van der Waals surface area contributed by atoms with Crippen molar-refractivity contribution in [2.75, 3.05) is 5.73 Å². The molecule has 0 aliphatic heterocycles. The molecule has 1 aromatic heterocycles. The predicted octanol–water partition coefficient (Wildman–Crippen LogP) is 2.66. The zero-order valence-electron chi connectivity index (χ0n) is 6.14. The van der Waals surface area contributed by atoms with E-state index in [0.717, 1.165) is 5.00 Å². The van der Waals surface area contributed by atoms with Gasteiger partial charge in [-0.3, -0.25) is 0 Å². The third-order valence-electron chi connectivity index (χ3n) is 0.902. The van der Waals surface area contributed by atoms with Crippen molar-refractivity contribution in [2.24, 2.45) is 0 Å². The Morgan fingerprint density at radius 3 is 2.11 bits per heavy atom. The van der Waals surface area contributed by atoms with Crippen molar-refractivity contribution in [3.05, 3.63) is 17.0 Å². The maximum atomic E-state index is 5.46. The molecule has 1 rings (SSSR count). The van der Waals surface area contributed by atoms with Crippen molar-refractivity contribution in [1.29, 1.82) is 0 Å². The quantitative estimate of drug-likeness (QED) is 0.593. The minimum absolute atomic E-state index is 0.931. The molecule has 1 nitrogen and oxygen atoms in total. The lowest BCUT2D eigenvalue weighted by atomic mass is 10.4. The summed E-state index contributed by atoms with van der Waals surface area (Å²) in [5, 5.41) is 2.92. The van der Waals surface area contributed by atoms with Gasteiger partial charge in [-0.05, 0) is 23.9 Å². The molecule has 1 heterocycles. The van der Waals surface area contributed by atoms with Crippen LogP contribution in [0.4, 0.5) is 5.00 Å². The van der Waals surface area contributed by atoms with Gasteiger partial charge < -0.3 is 5.73 Å². The molecule has 0 fully saturated rings. The maximum absolute atomic E-state index is 5.46. The monoisotopic (exact) mass is 143 g/mol. The molecule has 0 aliphatic rings. The first kappa shape index (κ1) is 8.50. The van der Waals surface area contributed by atoms with Crippen LogP contribution in [0.25, 0.3) is 0 Å². The van der Waals surface area contributed by atoms with Crippen molar-refractivity contribution < 1.29 is 0 Å². The third kappa shape index (κ3) is 2.51. The van der Waals surface area contributed by atoms with E-state index in [-0.39, 0.29) is 0 Å². The molecule has 0 saturated heterocycles. The maximum Gasteiger partial charge on any atom is 0.0886 e. The second kappa shape index (κ2) is 4.39. The first-order valence-electron chi connectivity index (χ1n) is 3.10. The molecule has 0 saturated carbocycles. The summed E-state index contributed by atoms with van der Waals surface area (Å²) in [7, 11) is 0. The molecule has 0 radical (unpaired) electrons. The lowest BCUT2D eigenvalue weighted by molar-refractivity contribution is 1.50.